The molecule has 0 unspecified atom stereocenters. The average Bonchev–Trinajstić information content (AvgIpc) is 2.98. The van der Waals surface area contributed by atoms with Crippen molar-refractivity contribution in [3.63, 3.8) is 0 Å². The summed E-state index contributed by atoms with van der Waals surface area (Å²) >= 11 is 1.75. The van der Waals surface area contributed by atoms with E-state index in [2.05, 4.69) is 34.5 Å². The molecule has 0 radical (unpaired) electrons. The Labute approximate surface area is 117 Å². The van der Waals surface area contributed by atoms with Crippen molar-refractivity contribution < 1.29 is 9.53 Å². The van der Waals surface area contributed by atoms with Crippen molar-refractivity contribution in [2.45, 2.75) is 19.5 Å². The first-order chi connectivity index (χ1) is 9.20. The third-order valence-corrected chi connectivity index (χ3v) is 4.01. The smallest absolute Gasteiger partial charge is 0.337 e. The lowest BCUT2D eigenvalue weighted by Crippen LogP contribution is -2.17. The Balaban J connectivity index is 1.91. The average molecular weight is 275 g/mol. The molecule has 0 aliphatic rings. The Hall–Kier alpha value is -1.65. The van der Waals surface area contributed by atoms with Gasteiger partial charge in [0, 0.05) is 17.5 Å². The highest BCUT2D eigenvalue weighted by Crippen LogP contribution is 2.18. The van der Waals surface area contributed by atoms with E-state index in [0.717, 1.165) is 12.1 Å². The monoisotopic (exact) mass is 275 g/mol. The highest BCUT2D eigenvalue weighted by molar-refractivity contribution is 7.10. The van der Waals surface area contributed by atoms with Gasteiger partial charge in [0.05, 0.1) is 12.7 Å². The molecule has 1 aromatic carbocycles. The Bertz CT molecular complexity index is 520. The van der Waals surface area contributed by atoms with Crippen LogP contribution in [0.25, 0.3) is 0 Å². The molecular formula is C15H17NO2S. The van der Waals surface area contributed by atoms with E-state index < -0.39 is 0 Å². The zero-order valence-electron chi connectivity index (χ0n) is 11.1. The third-order valence-electron chi connectivity index (χ3n) is 2.96. The Kier molecular flexibility index (Phi) is 4.71. The zero-order valence-corrected chi connectivity index (χ0v) is 11.9. The molecule has 2 aromatic rings. The van der Waals surface area contributed by atoms with Crippen LogP contribution >= 0.6 is 11.3 Å². The van der Waals surface area contributed by atoms with E-state index in [1.54, 1.807) is 23.5 Å². The molecular weight excluding hydrogens is 258 g/mol. The van der Waals surface area contributed by atoms with Crippen molar-refractivity contribution in [1.29, 1.82) is 0 Å². The fourth-order valence-corrected chi connectivity index (χ4v) is 2.54. The molecule has 4 heteroatoms. The Morgan fingerprint density at radius 3 is 2.63 bits per heavy atom. The second-order valence-electron chi connectivity index (χ2n) is 4.31. The molecule has 0 saturated carbocycles. The van der Waals surface area contributed by atoms with Crippen LogP contribution < -0.4 is 5.32 Å². The van der Waals surface area contributed by atoms with Crippen LogP contribution in [0.2, 0.25) is 0 Å². The summed E-state index contributed by atoms with van der Waals surface area (Å²) in [6.45, 7) is 2.93. The van der Waals surface area contributed by atoms with E-state index in [4.69, 9.17) is 0 Å². The molecule has 0 spiro atoms. The first kappa shape index (κ1) is 13.8. The minimum atomic E-state index is -0.300. The number of methoxy groups -OCH3 is 1. The maximum Gasteiger partial charge on any atom is 0.337 e. The number of hydrogen-bond donors (Lipinski definition) is 1. The predicted molar refractivity (Wildman–Crippen MR) is 77.4 cm³/mol. The molecule has 0 aliphatic heterocycles. The molecule has 0 aliphatic carbocycles. The fourth-order valence-electron chi connectivity index (χ4n) is 1.79. The second kappa shape index (κ2) is 6.50. The lowest BCUT2D eigenvalue weighted by Gasteiger charge is -2.12. The molecule has 0 amide bonds. The number of hydrogen-bond acceptors (Lipinski definition) is 4. The van der Waals surface area contributed by atoms with Gasteiger partial charge in [-0.25, -0.2) is 4.79 Å². The van der Waals surface area contributed by atoms with Crippen LogP contribution in [0.1, 0.15) is 33.8 Å². The van der Waals surface area contributed by atoms with Crippen LogP contribution in [0.4, 0.5) is 0 Å². The van der Waals surface area contributed by atoms with Gasteiger partial charge < -0.3 is 10.1 Å². The summed E-state index contributed by atoms with van der Waals surface area (Å²) in [5.41, 5.74) is 1.73. The molecule has 1 atom stereocenters. The lowest BCUT2D eigenvalue weighted by molar-refractivity contribution is 0.0600. The number of ether oxygens (including phenoxy) is 1. The molecule has 100 valence electrons. The highest BCUT2D eigenvalue weighted by atomic mass is 32.1. The summed E-state index contributed by atoms with van der Waals surface area (Å²) < 4.78 is 4.67. The molecule has 1 N–H and O–H groups in total. The van der Waals surface area contributed by atoms with E-state index in [9.17, 15) is 4.79 Å². The van der Waals surface area contributed by atoms with E-state index in [1.807, 2.05) is 12.1 Å². The van der Waals surface area contributed by atoms with Crippen molar-refractivity contribution in [2.24, 2.45) is 0 Å². The highest BCUT2D eigenvalue weighted by Gasteiger charge is 2.07. The zero-order chi connectivity index (χ0) is 13.7. The van der Waals surface area contributed by atoms with Crippen molar-refractivity contribution in [3.8, 4) is 0 Å². The van der Waals surface area contributed by atoms with Crippen molar-refractivity contribution in [2.75, 3.05) is 7.11 Å². The number of rotatable bonds is 5. The van der Waals surface area contributed by atoms with Gasteiger partial charge >= 0.3 is 5.97 Å². The van der Waals surface area contributed by atoms with Gasteiger partial charge in [0.2, 0.25) is 0 Å². The van der Waals surface area contributed by atoms with Gasteiger partial charge in [-0.1, -0.05) is 18.2 Å². The van der Waals surface area contributed by atoms with E-state index >= 15 is 0 Å². The summed E-state index contributed by atoms with van der Waals surface area (Å²) in [5.74, 6) is -0.300. The van der Waals surface area contributed by atoms with Gasteiger partial charge in [0.1, 0.15) is 0 Å². The first-order valence-electron chi connectivity index (χ1n) is 6.14. The van der Waals surface area contributed by atoms with Gasteiger partial charge in [-0.05, 0) is 36.1 Å². The maximum absolute atomic E-state index is 11.3. The molecule has 1 aromatic heterocycles. The fraction of sp³-hybridized carbons (Fsp3) is 0.267. The Morgan fingerprint density at radius 1 is 1.32 bits per heavy atom. The van der Waals surface area contributed by atoms with Crippen LogP contribution in [0, 0.1) is 0 Å². The summed E-state index contributed by atoms with van der Waals surface area (Å²) in [6.07, 6.45) is 0. The number of carbonyl (C=O) groups excluding carboxylic acids is 1. The van der Waals surface area contributed by atoms with E-state index in [0.29, 0.717) is 11.6 Å². The largest absolute Gasteiger partial charge is 0.465 e. The molecule has 0 fully saturated rings. The van der Waals surface area contributed by atoms with E-state index in [1.165, 1.54) is 12.0 Å². The van der Waals surface area contributed by atoms with Gasteiger partial charge in [0.25, 0.3) is 0 Å². The van der Waals surface area contributed by atoms with Gasteiger partial charge in [-0.2, -0.15) is 0 Å². The number of thiophene rings is 1. The normalized spacial score (nSPS) is 12.1. The van der Waals surface area contributed by atoms with Crippen molar-refractivity contribution >= 4 is 17.3 Å². The second-order valence-corrected chi connectivity index (χ2v) is 5.29. The van der Waals surface area contributed by atoms with Crippen LogP contribution in [-0.2, 0) is 11.3 Å². The quantitative estimate of drug-likeness (QED) is 0.850. The molecule has 3 nitrogen and oxygen atoms in total. The van der Waals surface area contributed by atoms with Crippen molar-refractivity contribution in [3.05, 3.63) is 57.8 Å². The summed E-state index contributed by atoms with van der Waals surface area (Å²) in [7, 11) is 1.39. The molecule has 0 bridgehead atoms. The van der Waals surface area contributed by atoms with Crippen LogP contribution in [0.5, 0.6) is 0 Å². The first-order valence-corrected chi connectivity index (χ1v) is 7.02. The maximum atomic E-state index is 11.3. The van der Waals surface area contributed by atoms with Gasteiger partial charge in [0.15, 0.2) is 0 Å². The van der Waals surface area contributed by atoms with Crippen LogP contribution in [0.15, 0.2) is 41.8 Å². The summed E-state index contributed by atoms with van der Waals surface area (Å²) in [4.78, 5) is 12.6. The minimum Gasteiger partial charge on any atom is -0.465 e. The Morgan fingerprint density at radius 2 is 2.05 bits per heavy atom. The SMILES string of the molecule is COC(=O)c1ccc(CN[C@@H](C)c2cccs2)cc1. The molecule has 0 saturated heterocycles. The van der Waals surface area contributed by atoms with Gasteiger partial charge in [-0.15, -0.1) is 11.3 Å². The summed E-state index contributed by atoms with van der Waals surface area (Å²) in [5, 5.41) is 5.54. The predicted octanol–water partition coefficient (Wildman–Crippen LogP) is 3.39. The topological polar surface area (TPSA) is 38.3 Å². The number of nitrogens with one attached hydrogen (secondary N) is 1. The lowest BCUT2D eigenvalue weighted by atomic mass is 10.1. The minimum absolute atomic E-state index is 0.300. The molecule has 2 rings (SSSR count). The summed E-state index contributed by atoms with van der Waals surface area (Å²) in [6, 6.07) is 12.0. The van der Waals surface area contributed by atoms with Crippen LogP contribution in [0.3, 0.4) is 0 Å². The number of benzene rings is 1. The number of carbonyl (C=O) groups is 1. The van der Waals surface area contributed by atoms with Crippen LogP contribution in [-0.4, -0.2) is 13.1 Å². The standard InChI is InChI=1S/C15H17NO2S/c1-11(14-4-3-9-19-14)16-10-12-5-7-13(8-6-12)15(17)18-2/h3-9,11,16H,10H2,1-2H3/t11-/m0/s1. The van der Waals surface area contributed by atoms with Crippen molar-refractivity contribution in [1.82, 2.24) is 5.32 Å². The molecule has 1 heterocycles. The third kappa shape index (κ3) is 3.66. The number of esters is 1. The molecule has 19 heavy (non-hydrogen) atoms. The van der Waals surface area contributed by atoms with E-state index in [-0.39, 0.29) is 5.97 Å². The van der Waals surface area contributed by atoms with Gasteiger partial charge in [-0.3, -0.25) is 0 Å².